The third kappa shape index (κ3) is 16.7. The van der Waals surface area contributed by atoms with Crippen LogP contribution in [0.2, 0.25) is 0 Å². The maximum Gasteiger partial charge on any atom is 0.332 e. The molecule has 20 heteroatoms. The zero-order chi connectivity index (χ0) is 88.1. The lowest BCUT2D eigenvalue weighted by molar-refractivity contribution is -0.225. The van der Waals surface area contributed by atoms with E-state index in [-0.39, 0.29) is 53.6 Å². The van der Waals surface area contributed by atoms with Gasteiger partial charge in [0.1, 0.15) is 59.0 Å². The number of esters is 6. The number of fused-ring (bicyclic) bond motifs is 16. The lowest BCUT2D eigenvalue weighted by Crippen LogP contribution is -2.58. The molecule has 660 valence electrons. The Morgan fingerprint density at radius 1 is 0.403 bits per heavy atom. The first-order chi connectivity index (χ1) is 59.3. The molecule has 8 aliphatic heterocycles. The first-order valence-electron chi connectivity index (χ1n) is 45.0. The smallest absolute Gasteiger partial charge is 0.332 e. The predicted octanol–water partition coefficient (Wildman–Crippen LogP) is 16.8. The fraction of sp³-hybridized carbons (Fsp3) is 0.519. The van der Waals surface area contributed by atoms with Gasteiger partial charge in [0.2, 0.25) is 0 Å². The van der Waals surface area contributed by atoms with Crippen molar-refractivity contribution >= 4 is 54.0 Å². The van der Waals surface area contributed by atoms with E-state index >= 15 is 0 Å². The number of aryl methyl sites for hydroxylation is 1. The summed E-state index contributed by atoms with van der Waals surface area (Å²) < 4.78 is 62.8. The highest BCUT2D eigenvalue weighted by molar-refractivity contribution is 5.89. The molecule has 13 aliphatic rings. The van der Waals surface area contributed by atoms with Crippen LogP contribution < -0.4 is 0 Å². The maximum atomic E-state index is 13.0. The van der Waals surface area contributed by atoms with Gasteiger partial charge < -0.3 is 67.8 Å². The number of carbonyl (C=O) groups excluding carboxylic acids is 6. The van der Waals surface area contributed by atoms with E-state index in [1.807, 2.05) is 174 Å². The monoisotopic (exact) mass is 1690 g/mol. The van der Waals surface area contributed by atoms with E-state index in [2.05, 4.69) is 60.6 Å². The molecule has 20 atom stereocenters. The topological polar surface area (TPSA) is 276 Å². The number of allylic oxidation sites excluding steroid dienone is 4. The first-order valence-corrected chi connectivity index (χ1v) is 45.0. The van der Waals surface area contributed by atoms with E-state index in [1.165, 1.54) is 51.7 Å². The van der Waals surface area contributed by atoms with Gasteiger partial charge in [-0.05, 0) is 219 Å². The normalized spacial score (nSPS) is 34.9. The van der Waals surface area contributed by atoms with Crippen molar-refractivity contribution in [1.29, 1.82) is 0 Å². The molecule has 4 N–H and O–H groups in total. The standard InChI is InChI=1S/C27H36O6.C27H28O4.C26H32O6.C24H28O4/c1-17(2)27-15-21(31-23(30)16-28)26(4,33-27)20-14-13-18(3)24(20)25(27)32-22(29)12-8-11-19-9-6-5-7-10-19;1-18-13-15-21-24(18)25(30-23(29)16-14-19-9-5-3-6-10-19)27(20-11-7-4-8-12-20)17-22(28)26(21,2)31-27;1-16(2)26-14-20(30-22(29)15-27)25(4,32-26)19-12-10-17(3)23(19)24(26)31-21(28)13-11-18-8-6-5-7-9-18;1-15-8-12-18-21(15)22(27-20(26)13-9-16-6-4-3-5-7-16)24(17-10-11-17)14-19(25)23(18,2)28-24/h5-7,9-10,17,20-21,25,28H,8,11-16H2,1-4H3;3-12,14,16,21-22,25,28H,13,15,17H2,1-2H3;5-9,11,13,16,19-20,24,27H,10,12,14-15H2,1-4H3;3-7,9,13,17-19,22,25H,8,10-12,14H2,1-2H3/b;16-14+;13-11+;13-9+/t20-,21-,25+,26+,27-;21-,22-,25+,26+,27-;19-,20-,24+,25+,26-;18-,19-,22+,23+,24-/m1111/s1. The summed E-state index contributed by atoms with van der Waals surface area (Å²) in [4.78, 5) is 75.6. The Labute approximate surface area is 729 Å². The number of hydrogen-bond donors (Lipinski definition) is 4. The van der Waals surface area contributed by atoms with Gasteiger partial charge in [0.25, 0.3) is 0 Å². The van der Waals surface area contributed by atoms with Crippen molar-refractivity contribution < 1.29 is 96.6 Å². The number of carbonyl (C=O) groups is 6. The van der Waals surface area contributed by atoms with Gasteiger partial charge in [0.15, 0.2) is 24.4 Å². The molecule has 1 saturated carbocycles. The summed E-state index contributed by atoms with van der Waals surface area (Å²) in [7, 11) is 0. The summed E-state index contributed by atoms with van der Waals surface area (Å²) in [6, 6.07) is 49.1. The Balaban J connectivity index is 0.000000128. The van der Waals surface area contributed by atoms with E-state index in [4.69, 9.17) is 47.4 Å². The largest absolute Gasteiger partial charge is 0.457 e. The van der Waals surface area contributed by atoms with Crippen LogP contribution in [0.5, 0.6) is 0 Å². The van der Waals surface area contributed by atoms with Gasteiger partial charge in [0.05, 0.1) is 23.4 Å². The van der Waals surface area contributed by atoms with E-state index in [9.17, 15) is 49.2 Å². The Bertz CT molecular complexity index is 5010. The molecule has 8 saturated heterocycles. The molecule has 124 heavy (non-hydrogen) atoms. The summed E-state index contributed by atoms with van der Waals surface area (Å²) >= 11 is 0. The highest BCUT2D eigenvalue weighted by Crippen LogP contribution is 2.68. The molecule has 0 spiro atoms. The van der Waals surface area contributed by atoms with Crippen LogP contribution in [0.3, 0.4) is 0 Å². The third-order valence-corrected chi connectivity index (χ3v) is 30.2. The van der Waals surface area contributed by atoms with Crippen molar-refractivity contribution in [3.63, 3.8) is 0 Å². The molecule has 18 rings (SSSR count). The number of hydrogen-bond acceptors (Lipinski definition) is 20. The summed E-state index contributed by atoms with van der Waals surface area (Å²) in [6.45, 7) is 23.4. The van der Waals surface area contributed by atoms with Crippen LogP contribution in [0.4, 0.5) is 0 Å². The van der Waals surface area contributed by atoms with Crippen molar-refractivity contribution in [2.45, 2.75) is 286 Å². The minimum Gasteiger partial charge on any atom is -0.457 e. The number of aliphatic hydroxyl groups is 4. The Hall–Kier alpha value is -9.22. The fourth-order valence-corrected chi connectivity index (χ4v) is 23.4. The predicted molar refractivity (Wildman–Crippen MR) is 468 cm³/mol. The van der Waals surface area contributed by atoms with Crippen molar-refractivity contribution in [1.82, 2.24) is 0 Å². The van der Waals surface area contributed by atoms with Crippen LogP contribution in [0.1, 0.15) is 214 Å². The van der Waals surface area contributed by atoms with Gasteiger partial charge >= 0.3 is 35.8 Å². The molecule has 5 aromatic carbocycles. The molecule has 20 nitrogen and oxygen atoms in total. The third-order valence-electron chi connectivity index (χ3n) is 30.2. The Morgan fingerprint density at radius 3 is 1.17 bits per heavy atom. The zero-order valence-electron chi connectivity index (χ0n) is 73.8. The molecule has 5 aliphatic carbocycles. The number of ether oxygens (including phenoxy) is 10. The highest BCUT2D eigenvalue weighted by atomic mass is 16.6. The van der Waals surface area contributed by atoms with Crippen molar-refractivity contribution in [2.24, 2.45) is 41.4 Å². The lowest BCUT2D eigenvalue weighted by Gasteiger charge is -2.50. The average molecular weight is 1690 g/mol. The second-order valence-corrected chi connectivity index (χ2v) is 38.2. The van der Waals surface area contributed by atoms with Gasteiger partial charge in [-0.1, -0.05) is 202 Å². The van der Waals surface area contributed by atoms with Crippen LogP contribution in [0.15, 0.2) is 214 Å². The van der Waals surface area contributed by atoms with E-state index in [0.29, 0.717) is 38.0 Å². The second-order valence-electron chi connectivity index (χ2n) is 38.2. The SMILES string of the molecule is CC1=C2[C@@H](CC1)[C@]1(C)O[C@@](C(C)C)(C[C@H]1OC(=O)CO)[C@H]2OC(=O)/C=C/c1ccccc1.CC1=C2[C@@H](CC1)[C@]1(C)O[C@@](C(C)C)(C[C@H]1OC(=O)CO)[C@H]2OC(=O)CCCc1ccccc1.CC1=C2[C@@H](CC1)[C@]1(C)O[C@@](C3CC3)(C[C@H]1O)[C@H]2OC(=O)/C=C/c1ccccc1.CC1=C2[C@@H](CC1)[C@]1(C)O[C@@](c3ccccc3)(C[C@H]1O)[C@H]2OC(=O)/C=C/c1ccccc1. The maximum absolute atomic E-state index is 13.0. The molecule has 8 bridgehead atoms. The van der Waals surface area contributed by atoms with E-state index < -0.39 is 125 Å². The average Bonchev–Trinajstić information content (AvgIpc) is 1.55. The van der Waals surface area contributed by atoms with Crippen LogP contribution >= 0.6 is 0 Å². The number of rotatable bonds is 22. The Kier molecular flexibility index (Phi) is 25.9. The quantitative estimate of drug-likeness (QED) is 0.0217. The van der Waals surface area contributed by atoms with Crippen LogP contribution in [0.25, 0.3) is 18.2 Å². The number of benzene rings is 5. The van der Waals surface area contributed by atoms with Crippen LogP contribution in [0, 0.1) is 41.4 Å². The molecular formula is C104H124O20. The molecule has 5 aromatic rings. The molecule has 0 aromatic heterocycles. The second kappa shape index (κ2) is 35.9. The fourth-order valence-electron chi connectivity index (χ4n) is 23.4. The molecule has 9 fully saturated rings. The number of aliphatic hydroxyl groups excluding tert-OH is 4. The summed E-state index contributed by atoms with van der Waals surface area (Å²) in [5, 5.41) is 40.6. The van der Waals surface area contributed by atoms with Crippen LogP contribution in [-0.2, 0) is 88.2 Å². The minimum atomic E-state index is -0.886. The lowest BCUT2D eigenvalue weighted by atomic mass is 9.74. The summed E-state index contributed by atoms with van der Waals surface area (Å²) in [5.74, 6) is -2.08. The molecular weight excluding hydrogens is 1570 g/mol. The molecule has 0 radical (unpaired) electrons. The van der Waals surface area contributed by atoms with Gasteiger partial charge in [-0.3, -0.25) is 4.79 Å². The van der Waals surface area contributed by atoms with Crippen molar-refractivity contribution in [3.05, 3.63) is 242 Å². The van der Waals surface area contributed by atoms with E-state index in [1.54, 1.807) is 18.2 Å². The highest BCUT2D eigenvalue weighted by Gasteiger charge is 2.75. The van der Waals surface area contributed by atoms with Gasteiger partial charge in [-0.25, -0.2) is 24.0 Å². The molecule has 8 heterocycles. The van der Waals surface area contributed by atoms with Crippen LogP contribution in [-0.4, -0.2) is 157 Å². The molecule has 0 unspecified atom stereocenters. The van der Waals surface area contributed by atoms with Crippen molar-refractivity contribution in [3.8, 4) is 0 Å². The van der Waals surface area contributed by atoms with Crippen molar-refractivity contribution in [2.75, 3.05) is 13.2 Å². The first kappa shape index (κ1) is 89.6. The summed E-state index contributed by atoms with van der Waals surface area (Å²) in [5.41, 5.74) is 8.94. The van der Waals surface area contributed by atoms with E-state index in [0.717, 1.165) is 116 Å². The Morgan fingerprint density at radius 2 is 0.758 bits per heavy atom. The van der Waals surface area contributed by atoms with Gasteiger partial charge in [0, 0.05) is 74.0 Å². The van der Waals surface area contributed by atoms with Gasteiger partial charge in [-0.15, -0.1) is 0 Å². The zero-order valence-corrected chi connectivity index (χ0v) is 73.8. The van der Waals surface area contributed by atoms with Gasteiger partial charge in [-0.2, -0.15) is 0 Å². The summed E-state index contributed by atoms with van der Waals surface area (Å²) in [6.07, 6.45) is 18.8. The molecule has 0 amide bonds. The minimum absolute atomic E-state index is 0.00993.